The van der Waals surface area contributed by atoms with Gasteiger partial charge in [0.1, 0.15) is 5.82 Å². The van der Waals surface area contributed by atoms with Crippen LogP contribution in [0.3, 0.4) is 0 Å². The van der Waals surface area contributed by atoms with Crippen molar-refractivity contribution in [2.45, 2.75) is 31.9 Å². The molecule has 0 spiro atoms. The summed E-state index contributed by atoms with van der Waals surface area (Å²) in [6.45, 7) is 3.59. The van der Waals surface area contributed by atoms with Gasteiger partial charge in [0.05, 0.1) is 6.10 Å². The topological polar surface area (TPSA) is 26.7 Å². The molecule has 2 rings (SSSR count). The van der Waals surface area contributed by atoms with Gasteiger partial charge in [0.15, 0.2) is 0 Å². The molecule has 1 atom stereocenters. The van der Waals surface area contributed by atoms with Crippen LogP contribution in [0, 0.1) is 5.82 Å². The van der Waals surface area contributed by atoms with Crippen molar-refractivity contribution in [3.8, 4) is 0 Å². The fraction of sp³-hybridized carbons (Fsp3) is 0.600. The predicted molar refractivity (Wildman–Crippen MR) is 76.0 cm³/mol. The van der Waals surface area contributed by atoms with E-state index in [9.17, 15) is 9.50 Å². The summed E-state index contributed by atoms with van der Waals surface area (Å²) in [5.74, 6) is -0.289. The molecule has 0 aromatic heterocycles. The van der Waals surface area contributed by atoms with E-state index in [-0.39, 0.29) is 5.82 Å². The summed E-state index contributed by atoms with van der Waals surface area (Å²) in [6.07, 6.45) is 1.56. The summed E-state index contributed by atoms with van der Waals surface area (Å²) in [6, 6.07) is 5.32. The highest BCUT2D eigenvalue weighted by Crippen LogP contribution is 2.30. The Bertz CT molecular complexity index is 426. The Labute approximate surface area is 114 Å². The predicted octanol–water partition coefficient (Wildman–Crippen LogP) is 2.41. The molecular formula is C15H23FN2O. The number of benzene rings is 1. The molecule has 1 aromatic rings. The van der Waals surface area contributed by atoms with Crippen molar-refractivity contribution in [2.24, 2.45) is 0 Å². The van der Waals surface area contributed by atoms with E-state index in [1.807, 2.05) is 0 Å². The average Bonchev–Trinajstić information content (AvgIpc) is 2.38. The standard InChI is InChI=1S/C15H23FN2O/c1-11(19)14-10-12(16)4-5-15(14)18-8-6-13(7-9-18)17(2)3/h4-5,10-11,13,19H,6-9H2,1-3H3/t11-/m1/s1. The molecule has 0 bridgehead atoms. The summed E-state index contributed by atoms with van der Waals surface area (Å²) in [5, 5.41) is 9.80. The second-order valence-corrected chi connectivity index (χ2v) is 5.56. The van der Waals surface area contributed by atoms with E-state index in [1.165, 1.54) is 12.1 Å². The monoisotopic (exact) mass is 266 g/mol. The molecule has 1 saturated heterocycles. The SMILES string of the molecule is C[C@@H](O)c1cc(F)ccc1N1CCC(N(C)C)CC1. The summed E-state index contributed by atoms with van der Waals surface area (Å²) in [4.78, 5) is 4.51. The van der Waals surface area contributed by atoms with Crippen LogP contribution in [0.5, 0.6) is 0 Å². The molecule has 1 fully saturated rings. The first-order valence-corrected chi connectivity index (χ1v) is 6.88. The van der Waals surface area contributed by atoms with Gasteiger partial charge in [-0.1, -0.05) is 0 Å². The molecule has 19 heavy (non-hydrogen) atoms. The maximum atomic E-state index is 13.3. The quantitative estimate of drug-likeness (QED) is 0.910. The highest BCUT2D eigenvalue weighted by molar-refractivity contribution is 5.55. The van der Waals surface area contributed by atoms with Crippen molar-refractivity contribution < 1.29 is 9.50 Å². The van der Waals surface area contributed by atoms with Gasteiger partial charge in [0.2, 0.25) is 0 Å². The third kappa shape index (κ3) is 3.25. The summed E-state index contributed by atoms with van der Waals surface area (Å²) in [5.41, 5.74) is 1.65. The van der Waals surface area contributed by atoms with Crippen LogP contribution >= 0.6 is 0 Å². The Morgan fingerprint density at radius 3 is 2.47 bits per heavy atom. The Kier molecular flexibility index (Phi) is 4.42. The third-order valence-electron chi connectivity index (χ3n) is 3.98. The molecule has 4 heteroatoms. The molecule has 3 nitrogen and oxygen atoms in total. The fourth-order valence-corrected chi connectivity index (χ4v) is 2.77. The van der Waals surface area contributed by atoms with E-state index in [2.05, 4.69) is 23.9 Å². The molecule has 1 aliphatic rings. The van der Waals surface area contributed by atoms with E-state index in [0.717, 1.165) is 31.6 Å². The smallest absolute Gasteiger partial charge is 0.123 e. The lowest BCUT2D eigenvalue weighted by Gasteiger charge is -2.37. The largest absolute Gasteiger partial charge is 0.389 e. The van der Waals surface area contributed by atoms with Crippen molar-refractivity contribution in [1.82, 2.24) is 4.90 Å². The fourth-order valence-electron chi connectivity index (χ4n) is 2.77. The Morgan fingerprint density at radius 1 is 1.32 bits per heavy atom. The Balaban J connectivity index is 2.15. The van der Waals surface area contributed by atoms with Crippen molar-refractivity contribution in [2.75, 3.05) is 32.1 Å². The third-order valence-corrected chi connectivity index (χ3v) is 3.98. The van der Waals surface area contributed by atoms with Crippen LogP contribution in [0.25, 0.3) is 0 Å². The number of aliphatic hydroxyl groups is 1. The molecule has 0 unspecified atom stereocenters. The molecule has 106 valence electrons. The lowest BCUT2D eigenvalue weighted by atomic mass is 10.0. The first-order chi connectivity index (χ1) is 8.99. The Hall–Kier alpha value is -1.13. The van der Waals surface area contributed by atoms with Gasteiger partial charge in [-0.15, -0.1) is 0 Å². The van der Waals surface area contributed by atoms with E-state index < -0.39 is 6.10 Å². The van der Waals surface area contributed by atoms with Crippen LogP contribution in [-0.2, 0) is 0 Å². The van der Waals surface area contributed by atoms with Crippen LogP contribution in [-0.4, -0.2) is 43.2 Å². The zero-order valence-corrected chi connectivity index (χ0v) is 11.9. The zero-order valence-electron chi connectivity index (χ0n) is 11.9. The van der Waals surface area contributed by atoms with Crippen LogP contribution in [0.2, 0.25) is 0 Å². The number of hydrogen-bond acceptors (Lipinski definition) is 3. The first-order valence-electron chi connectivity index (χ1n) is 6.88. The molecule has 1 aromatic carbocycles. The second-order valence-electron chi connectivity index (χ2n) is 5.56. The van der Waals surface area contributed by atoms with Gasteiger partial charge >= 0.3 is 0 Å². The van der Waals surface area contributed by atoms with E-state index in [0.29, 0.717) is 11.6 Å². The van der Waals surface area contributed by atoms with E-state index in [4.69, 9.17) is 0 Å². The van der Waals surface area contributed by atoms with E-state index in [1.54, 1.807) is 13.0 Å². The number of nitrogens with zero attached hydrogens (tertiary/aromatic N) is 2. The molecule has 1 aliphatic heterocycles. The minimum Gasteiger partial charge on any atom is -0.389 e. The number of rotatable bonds is 3. The van der Waals surface area contributed by atoms with Crippen molar-refractivity contribution in [3.63, 3.8) is 0 Å². The number of hydrogen-bond donors (Lipinski definition) is 1. The van der Waals surface area contributed by atoms with Gasteiger partial charge < -0.3 is 14.9 Å². The van der Waals surface area contributed by atoms with Gasteiger partial charge in [-0.2, -0.15) is 0 Å². The minimum atomic E-state index is -0.641. The van der Waals surface area contributed by atoms with Crippen molar-refractivity contribution in [1.29, 1.82) is 0 Å². The first kappa shape index (κ1) is 14.3. The van der Waals surface area contributed by atoms with Crippen LogP contribution in [0.15, 0.2) is 18.2 Å². The maximum Gasteiger partial charge on any atom is 0.123 e. The van der Waals surface area contributed by atoms with Gasteiger partial charge in [-0.05, 0) is 52.1 Å². The zero-order chi connectivity index (χ0) is 14.0. The van der Waals surface area contributed by atoms with Gasteiger partial charge in [-0.25, -0.2) is 4.39 Å². The number of piperidine rings is 1. The van der Waals surface area contributed by atoms with Gasteiger partial charge in [0, 0.05) is 30.4 Å². The maximum absolute atomic E-state index is 13.3. The van der Waals surface area contributed by atoms with Crippen molar-refractivity contribution >= 4 is 5.69 Å². The number of halogens is 1. The number of anilines is 1. The second kappa shape index (κ2) is 5.88. The van der Waals surface area contributed by atoms with Crippen LogP contribution < -0.4 is 4.90 Å². The summed E-state index contributed by atoms with van der Waals surface area (Å²) >= 11 is 0. The molecule has 0 radical (unpaired) electrons. The molecule has 0 aliphatic carbocycles. The molecule has 1 heterocycles. The highest BCUT2D eigenvalue weighted by atomic mass is 19.1. The van der Waals surface area contributed by atoms with Crippen molar-refractivity contribution in [3.05, 3.63) is 29.6 Å². The Morgan fingerprint density at radius 2 is 1.95 bits per heavy atom. The average molecular weight is 266 g/mol. The minimum absolute atomic E-state index is 0.289. The van der Waals surface area contributed by atoms with Crippen LogP contribution in [0.4, 0.5) is 10.1 Å². The molecule has 0 amide bonds. The normalized spacial score (nSPS) is 18.9. The lowest BCUT2D eigenvalue weighted by Crippen LogP contribution is -2.42. The molecule has 1 N–H and O–H groups in total. The van der Waals surface area contributed by atoms with Gasteiger partial charge in [-0.3, -0.25) is 0 Å². The highest BCUT2D eigenvalue weighted by Gasteiger charge is 2.23. The lowest BCUT2D eigenvalue weighted by molar-refractivity contribution is 0.198. The molecular weight excluding hydrogens is 243 g/mol. The summed E-state index contributed by atoms with van der Waals surface area (Å²) in [7, 11) is 4.22. The number of aliphatic hydroxyl groups excluding tert-OH is 1. The van der Waals surface area contributed by atoms with E-state index >= 15 is 0 Å². The molecule has 0 saturated carbocycles. The van der Waals surface area contributed by atoms with Gasteiger partial charge in [0.25, 0.3) is 0 Å². The summed E-state index contributed by atoms with van der Waals surface area (Å²) < 4.78 is 13.3. The van der Waals surface area contributed by atoms with Crippen LogP contribution in [0.1, 0.15) is 31.4 Å².